The number of rotatable bonds is 4. The van der Waals surface area contributed by atoms with Crippen molar-refractivity contribution in [1.29, 1.82) is 0 Å². The number of aryl methyl sites for hydroxylation is 2. The minimum Gasteiger partial charge on any atom is -0.398 e. The lowest BCUT2D eigenvalue weighted by molar-refractivity contribution is 1.12. The highest BCUT2D eigenvalue weighted by Gasteiger charge is 2.04. The number of aromatic nitrogens is 1. The van der Waals surface area contributed by atoms with Gasteiger partial charge >= 0.3 is 0 Å². The van der Waals surface area contributed by atoms with Crippen LogP contribution in [0.2, 0.25) is 5.02 Å². The van der Waals surface area contributed by atoms with E-state index in [2.05, 4.69) is 4.98 Å². The number of anilines is 1. The Bertz CT molecular complexity index is 511. The summed E-state index contributed by atoms with van der Waals surface area (Å²) in [5.41, 5.74) is 9.71. The zero-order valence-electron chi connectivity index (χ0n) is 9.44. The highest BCUT2D eigenvalue weighted by molar-refractivity contribution is 7.99. The average molecular weight is 285 g/mol. The zero-order valence-corrected chi connectivity index (χ0v) is 11.8. The van der Waals surface area contributed by atoms with E-state index < -0.39 is 0 Å². The van der Waals surface area contributed by atoms with Crippen LogP contribution >= 0.6 is 34.7 Å². The number of halogens is 1. The smallest absolute Gasteiger partial charge is 0.0797 e. The molecular weight excluding hydrogens is 272 g/mol. The minimum atomic E-state index is 0.732. The summed E-state index contributed by atoms with van der Waals surface area (Å²) in [7, 11) is 0. The largest absolute Gasteiger partial charge is 0.398 e. The first kappa shape index (κ1) is 12.7. The Hall–Kier alpha value is -0.710. The van der Waals surface area contributed by atoms with Gasteiger partial charge in [-0.05, 0) is 31.5 Å². The molecule has 0 saturated carbocycles. The van der Waals surface area contributed by atoms with Crippen LogP contribution in [0, 0.1) is 6.92 Å². The van der Waals surface area contributed by atoms with Gasteiger partial charge in [0.1, 0.15) is 0 Å². The normalized spacial score (nSPS) is 10.7. The Kier molecular flexibility index (Phi) is 4.31. The number of thiazole rings is 1. The van der Waals surface area contributed by atoms with Crippen molar-refractivity contribution in [3.63, 3.8) is 0 Å². The lowest BCUT2D eigenvalue weighted by Gasteiger charge is -2.05. The van der Waals surface area contributed by atoms with Crippen LogP contribution in [0.1, 0.15) is 10.6 Å². The van der Waals surface area contributed by atoms with Crippen molar-refractivity contribution in [2.45, 2.75) is 18.2 Å². The van der Waals surface area contributed by atoms with Gasteiger partial charge in [-0.15, -0.1) is 23.1 Å². The van der Waals surface area contributed by atoms with Gasteiger partial charge in [-0.1, -0.05) is 11.6 Å². The summed E-state index contributed by atoms with van der Waals surface area (Å²) in [6.07, 6.45) is 1.02. The van der Waals surface area contributed by atoms with E-state index in [1.54, 1.807) is 23.1 Å². The van der Waals surface area contributed by atoms with Crippen molar-refractivity contribution in [2.24, 2.45) is 0 Å². The first-order valence-electron chi connectivity index (χ1n) is 5.23. The van der Waals surface area contributed by atoms with Gasteiger partial charge in [-0.25, -0.2) is 4.98 Å². The van der Waals surface area contributed by atoms with E-state index in [0.29, 0.717) is 0 Å². The molecule has 0 fully saturated rings. The topological polar surface area (TPSA) is 38.9 Å². The molecule has 1 aromatic carbocycles. The fourth-order valence-corrected chi connectivity index (χ4v) is 3.57. The van der Waals surface area contributed by atoms with Gasteiger partial charge in [0.2, 0.25) is 0 Å². The van der Waals surface area contributed by atoms with Crippen molar-refractivity contribution < 1.29 is 0 Å². The van der Waals surface area contributed by atoms with Gasteiger partial charge in [0.25, 0.3) is 0 Å². The SMILES string of the molecule is Cc1ncsc1CCSc1cc(Cl)ccc1N. The highest BCUT2D eigenvalue weighted by Crippen LogP contribution is 2.29. The molecular formula is C12H13ClN2S2. The number of benzene rings is 1. The molecule has 0 aliphatic heterocycles. The minimum absolute atomic E-state index is 0.732. The molecule has 0 radical (unpaired) electrons. The van der Waals surface area contributed by atoms with Crippen LogP contribution in [0.15, 0.2) is 28.6 Å². The maximum Gasteiger partial charge on any atom is 0.0797 e. The van der Waals surface area contributed by atoms with Crippen LogP contribution in [-0.4, -0.2) is 10.7 Å². The summed E-state index contributed by atoms with van der Waals surface area (Å²) in [6, 6.07) is 5.58. The van der Waals surface area contributed by atoms with Crippen LogP contribution in [0.5, 0.6) is 0 Å². The van der Waals surface area contributed by atoms with E-state index in [9.17, 15) is 0 Å². The number of nitrogens with two attached hydrogens (primary N) is 1. The number of nitrogen functional groups attached to an aromatic ring is 1. The van der Waals surface area contributed by atoms with Crippen LogP contribution in [0.3, 0.4) is 0 Å². The van der Waals surface area contributed by atoms with Crippen molar-refractivity contribution in [3.05, 3.63) is 39.3 Å². The maximum absolute atomic E-state index is 5.94. The first-order chi connectivity index (χ1) is 8.16. The van der Waals surface area contributed by atoms with Crippen LogP contribution < -0.4 is 5.73 Å². The third-order valence-corrected chi connectivity index (χ3v) is 4.71. The van der Waals surface area contributed by atoms with Crippen molar-refractivity contribution in [3.8, 4) is 0 Å². The monoisotopic (exact) mass is 284 g/mol. The maximum atomic E-state index is 5.94. The molecule has 0 amide bonds. The summed E-state index contributed by atoms with van der Waals surface area (Å²) in [6.45, 7) is 2.05. The molecule has 2 rings (SSSR count). The molecule has 5 heteroatoms. The number of hydrogen-bond acceptors (Lipinski definition) is 4. The lowest BCUT2D eigenvalue weighted by atomic mass is 10.3. The third kappa shape index (κ3) is 3.37. The van der Waals surface area contributed by atoms with Gasteiger partial charge in [0.05, 0.1) is 11.2 Å². The third-order valence-electron chi connectivity index (χ3n) is 2.41. The van der Waals surface area contributed by atoms with E-state index in [4.69, 9.17) is 17.3 Å². The molecule has 17 heavy (non-hydrogen) atoms. The van der Waals surface area contributed by atoms with Crippen LogP contribution in [-0.2, 0) is 6.42 Å². The molecule has 90 valence electrons. The van der Waals surface area contributed by atoms with E-state index in [1.165, 1.54) is 4.88 Å². The van der Waals surface area contributed by atoms with E-state index in [1.807, 2.05) is 30.6 Å². The van der Waals surface area contributed by atoms with Gasteiger partial charge in [-0.3, -0.25) is 0 Å². The molecule has 0 unspecified atom stereocenters. The standard InChI is InChI=1S/C12H13ClN2S2/c1-8-11(17-7-15-8)4-5-16-12-6-9(13)2-3-10(12)14/h2-3,6-7H,4-5,14H2,1H3. The first-order valence-corrected chi connectivity index (χ1v) is 7.48. The Labute approximate surface area is 114 Å². The van der Waals surface area contributed by atoms with Gasteiger partial charge in [0, 0.05) is 26.2 Å². The second kappa shape index (κ2) is 5.76. The average Bonchev–Trinajstić information content (AvgIpc) is 2.70. The molecule has 0 saturated heterocycles. The fraction of sp³-hybridized carbons (Fsp3) is 0.250. The quantitative estimate of drug-likeness (QED) is 0.681. The van der Waals surface area contributed by atoms with E-state index in [-0.39, 0.29) is 0 Å². The molecule has 0 aliphatic carbocycles. The molecule has 1 aromatic heterocycles. The Balaban J connectivity index is 1.94. The lowest BCUT2D eigenvalue weighted by Crippen LogP contribution is -1.92. The number of thioether (sulfide) groups is 1. The molecule has 0 spiro atoms. The van der Waals surface area contributed by atoms with E-state index in [0.717, 1.165) is 33.5 Å². The predicted molar refractivity (Wildman–Crippen MR) is 77.1 cm³/mol. The van der Waals surface area contributed by atoms with Crippen LogP contribution in [0.25, 0.3) is 0 Å². The summed E-state index contributed by atoms with van der Waals surface area (Å²) in [5.74, 6) is 0.994. The Morgan fingerprint density at radius 1 is 1.47 bits per heavy atom. The predicted octanol–water partition coefficient (Wildman–Crippen LogP) is 4.02. The Morgan fingerprint density at radius 2 is 2.29 bits per heavy atom. The number of nitrogens with zero attached hydrogens (tertiary/aromatic N) is 1. The number of hydrogen-bond donors (Lipinski definition) is 1. The summed E-state index contributed by atoms with van der Waals surface area (Å²) in [4.78, 5) is 6.64. The molecule has 0 aliphatic rings. The highest BCUT2D eigenvalue weighted by atomic mass is 35.5. The van der Waals surface area contributed by atoms with Crippen molar-refractivity contribution in [1.82, 2.24) is 4.98 Å². The van der Waals surface area contributed by atoms with Crippen LogP contribution in [0.4, 0.5) is 5.69 Å². The van der Waals surface area contributed by atoms with Crippen molar-refractivity contribution in [2.75, 3.05) is 11.5 Å². The van der Waals surface area contributed by atoms with Crippen molar-refractivity contribution >= 4 is 40.4 Å². The molecule has 2 nitrogen and oxygen atoms in total. The molecule has 2 N–H and O–H groups in total. The fourth-order valence-electron chi connectivity index (χ4n) is 1.45. The molecule has 0 atom stereocenters. The zero-order chi connectivity index (χ0) is 12.3. The van der Waals surface area contributed by atoms with E-state index >= 15 is 0 Å². The molecule has 1 heterocycles. The summed E-state index contributed by atoms with van der Waals surface area (Å²) < 4.78 is 0. The Morgan fingerprint density at radius 3 is 3.00 bits per heavy atom. The second-order valence-electron chi connectivity index (χ2n) is 3.64. The van der Waals surface area contributed by atoms with Gasteiger partial charge in [0.15, 0.2) is 0 Å². The summed E-state index contributed by atoms with van der Waals surface area (Å²) in [5, 5.41) is 0.732. The summed E-state index contributed by atoms with van der Waals surface area (Å²) >= 11 is 9.39. The van der Waals surface area contributed by atoms with Gasteiger partial charge in [-0.2, -0.15) is 0 Å². The molecule has 0 bridgehead atoms. The van der Waals surface area contributed by atoms with Gasteiger partial charge < -0.3 is 5.73 Å². The molecule has 2 aromatic rings. The second-order valence-corrected chi connectivity index (χ2v) is 6.15.